The highest BCUT2D eigenvalue weighted by Gasteiger charge is 2.27. The average Bonchev–Trinajstić information content (AvgIpc) is 2.77. The Labute approximate surface area is 112 Å². The molecule has 0 radical (unpaired) electrons. The number of carbonyl (C=O) groups is 1. The molecule has 0 bridgehead atoms. The number of alkyl halides is 3. The van der Waals surface area contributed by atoms with E-state index in [2.05, 4.69) is 15.0 Å². The Morgan fingerprint density at radius 1 is 1.40 bits per heavy atom. The van der Waals surface area contributed by atoms with Gasteiger partial charge in [-0.15, -0.1) is 0 Å². The monoisotopic (exact) mass is 287 g/mol. The smallest absolute Gasteiger partial charge is 0.362 e. The van der Waals surface area contributed by atoms with E-state index >= 15 is 0 Å². The SMILES string of the molecule is O=C(COCC(F)(F)F)NCc1cn2ccccc2n1. The molecule has 0 atom stereocenters. The van der Waals surface area contributed by atoms with Crippen molar-refractivity contribution in [2.24, 2.45) is 0 Å². The van der Waals surface area contributed by atoms with E-state index in [1.54, 1.807) is 22.9 Å². The van der Waals surface area contributed by atoms with E-state index in [0.717, 1.165) is 5.65 Å². The lowest BCUT2D eigenvalue weighted by molar-refractivity contribution is -0.175. The number of imidazole rings is 1. The Hall–Kier alpha value is -2.09. The van der Waals surface area contributed by atoms with Gasteiger partial charge in [0.2, 0.25) is 5.91 Å². The van der Waals surface area contributed by atoms with Crippen LogP contribution in [0.15, 0.2) is 30.6 Å². The first-order valence-electron chi connectivity index (χ1n) is 5.78. The topological polar surface area (TPSA) is 55.6 Å². The molecule has 0 saturated heterocycles. The predicted molar refractivity (Wildman–Crippen MR) is 63.9 cm³/mol. The lowest BCUT2D eigenvalue weighted by atomic mass is 10.4. The number of nitrogens with zero attached hydrogens (tertiary/aromatic N) is 2. The molecule has 0 fully saturated rings. The minimum atomic E-state index is -4.43. The van der Waals surface area contributed by atoms with Crippen LogP contribution in [0.2, 0.25) is 0 Å². The Morgan fingerprint density at radius 2 is 2.20 bits per heavy atom. The highest BCUT2D eigenvalue weighted by Crippen LogP contribution is 2.14. The number of fused-ring (bicyclic) bond motifs is 1. The molecule has 2 rings (SSSR count). The van der Waals surface area contributed by atoms with Crippen LogP contribution in [-0.2, 0) is 16.1 Å². The summed E-state index contributed by atoms with van der Waals surface area (Å²) in [7, 11) is 0. The maximum atomic E-state index is 11.8. The van der Waals surface area contributed by atoms with Crippen LogP contribution in [0.4, 0.5) is 13.2 Å². The van der Waals surface area contributed by atoms with Gasteiger partial charge >= 0.3 is 6.18 Å². The van der Waals surface area contributed by atoms with Crippen LogP contribution in [-0.4, -0.2) is 34.7 Å². The number of aromatic nitrogens is 2. The maximum absolute atomic E-state index is 11.8. The summed E-state index contributed by atoms with van der Waals surface area (Å²) < 4.78 is 41.4. The largest absolute Gasteiger partial charge is 0.411 e. The lowest BCUT2D eigenvalue weighted by Crippen LogP contribution is -2.29. The lowest BCUT2D eigenvalue weighted by Gasteiger charge is -2.07. The number of nitrogens with one attached hydrogen (secondary N) is 1. The van der Waals surface area contributed by atoms with Crippen molar-refractivity contribution in [1.82, 2.24) is 14.7 Å². The molecule has 8 heteroatoms. The van der Waals surface area contributed by atoms with Gasteiger partial charge in [-0.1, -0.05) is 6.07 Å². The first-order chi connectivity index (χ1) is 9.44. The van der Waals surface area contributed by atoms with Crippen molar-refractivity contribution in [2.75, 3.05) is 13.2 Å². The highest BCUT2D eigenvalue weighted by atomic mass is 19.4. The minimum absolute atomic E-state index is 0.135. The summed E-state index contributed by atoms with van der Waals surface area (Å²) >= 11 is 0. The number of carbonyl (C=O) groups excluding carboxylic acids is 1. The maximum Gasteiger partial charge on any atom is 0.411 e. The van der Waals surface area contributed by atoms with Gasteiger partial charge in [-0.2, -0.15) is 13.2 Å². The summed E-state index contributed by atoms with van der Waals surface area (Å²) in [6, 6.07) is 5.47. The summed E-state index contributed by atoms with van der Waals surface area (Å²) in [6.45, 7) is -1.93. The zero-order chi connectivity index (χ0) is 14.6. The van der Waals surface area contributed by atoms with Crippen molar-refractivity contribution >= 4 is 11.6 Å². The van der Waals surface area contributed by atoms with Crippen LogP contribution in [0.5, 0.6) is 0 Å². The molecule has 5 nitrogen and oxygen atoms in total. The Bertz CT molecular complexity index is 562. The number of rotatable bonds is 5. The van der Waals surface area contributed by atoms with Gasteiger partial charge in [0.25, 0.3) is 0 Å². The molecule has 0 unspecified atom stereocenters. The minimum Gasteiger partial charge on any atom is -0.362 e. The van der Waals surface area contributed by atoms with Gasteiger partial charge in [-0.05, 0) is 12.1 Å². The predicted octanol–water partition coefficient (Wildman–Crippen LogP) is 1.53. The van der Waals surface area contributed by atoms with Crippen LogP contribution < -0.4 is 5.32 Å². The first kappa shape index (κ1) is 14.3. The molecule has 1 N–H and O–H groups in total. The molecule has 0 aliphatic rings. The van der Waals surface area contributed by atoms with E-state index in [-0.39, 0.29) is 6.54 Å². The molecule has 1 amide bonds. The molecule has 0 aliphatic heterocycles. The van der Waals surface area contributed by atoms with E-state index < -0.39 is 25.3 Å². The third-order valence-corrected chi connectivity index (χ3v) is 2.38. The zero-order valence-corrected chi connectivity index (χ0v) is 10.4. The van der Waals surface area contributed by atoms with E-state index in [9.17, 15) is 18.0 Å². The second-order valence-corrected chi connectivity index (χ2v) is 4.08. The third kappa shape index (κ3) is 4.23. The Balaban J connectivity index is 1.78. The van der Waals surface area contributed by atoms with Crippen LogP contribution in [0.25, 0.3) is 5.65 Å². The number of hydrogen-bond donors (Lipinski definition) is 1. The number of pyridine rings is 1. The summed E-state index contributed by atoms with van der Waals surface area (Å²) in [5, 5.41) is 2.44. The number of hydrogen-bond acceptors (Lipinski definition) is 3. The van der Waals surface area contributed by atoms with Crippen molar-refractivity contribution in [3.63, 3.8) is 0 Å². The van der Waals surface area contributed by atoms with Crippen LogP contribution in [0.1, 0.15) is 5.69 Å². The molecular weight excluding hydrogens is 275 g/mol. The van der Waals surface area contributed by atoms with E-state index in [1.165, 1.54) is 0 Å². The molecule has 0 spiro atoms. The molecule has 0 aromatic carbocycles. The molecular formula is C12H12F3N3O2. The fraction of sp³-hybridized carbons (Fsp3) is 0.333. The summed E-state index contributed by atoms with van der Waals surface area (Å²) in [5.41, 5.74) is 1.34. The molecule has 2 aromatic rings. The normalized spacial score (nSPS) is 11.8. The Kier molecular flexibility index (Phi) is 4.23. The van der Waals surface area contributed by atoms with Crippen LogP contribution in [0, 0.1) is 0 Å². The zero-order valence-electron chi connectivity index (χ0n) is 10.4. The van der Waals surface area contributed by atoms with E-state index in [0.29, 0.717) is 5.69 Å². The molecule has 2 heterocycles. The summed E-state index contributed by atoms with van der Waals surface area (Å²) in [6.07, 6.45) is -0.895. The molecule has 108 valence electrons. The third-order valence-electron chi connectivity index (χ3n) is 2.38. The van der Waals surface area contributed by atoms with Crippen molar-refractivity contribution in [1.29, 1.82) is 0 Å². The summed E-state index contributed by atoms with van der Waals surface area (Å²) in [5.74, 6) is -0.619. The summed E-state index contributed by atoms with van der Waals surface area (Å²) in [4.78, 5) is 15.5. The molecule has 20 heavy (non-hydrogen) atoms. The quantitative estimate of drug-likeness (QED) is 0.907. The van der Waals surface area contributed by atoms with Gasteiger partial charge in [0.15, 0.2) is 0 Å². The van der Waals surface area contributed by atoms with Crippen LogP contribution >= 0.6 is 0 Å². The van der Waals surface area contributed by atoms with Crippen molar-refractivity contribution in [2.45, 2.75) is 12.7 Å². The average molecular weight is 287 g/mol. The van der Waals surface area contributed by atoms with Gasteiger partial charge in [0.1, 0.15) is 18.9 Å². The van der Waals surface area contributed by atoms with Gasteiger partial charge in [-0.3, -0.25) is 4.79 Å². The van der Waals surface area contributed by atoms with E-state index in [1.807, 2.05) is 12.1 Å². The number of ether oxygens (including phenoxy) is 1. The molecule has 0 aliphatic carbocycles. The highest BCUT2D eigenvalue weighted by molar-refractivity contribution is 5.77. The van der Waals surface area contributed by atoms with Gasteiger partial charge in [0, 0.05) is 12.4 Å². The fourth-order valence-corrected chi connectivity index (χ4v) is 1.57. The van der Waals surface area contributed by atoms with Crippen molar-refractivity contribution < 1.29 is 22.7 Å². The van der Waals surface area contributed by atoms with Crippen molar-refractivity contribution in [3.05, 3.63) is 36.3 Å². The molecule has 2 aromatic heterocycles. The second kappa shape index (κ2) is 5.91. The number of halogens is 3. The standard InChI is InChI=1S/C12H12F3N3O2/c13-12(14,15)8-20-7-11(19)16-5-9-6-18-4-2-1-3-10(18)17-9/h1-4,6H,5,7-8H2,(H,16,19). The first-order valence-corrected chi connectivity index (χ1v) is 5.78. The molecule has 0 saturated carbocycles. The van der Waals surface area contributed by atoms with Crippen molar-refractivity contribution in [3.8, 4) is 0 Å². The fourth-order valence-electron chi connectivity index (χ4n) is 1.57. The van der Waals surface area contributed by atoms with Gasteiger partial charge < -0.3 is 14.5 Å². The van der Waals surface area contributed by atoms with E-state index in [4.69, 9.17) is 0 Å². The van der Waals surface area contributed by atoms with Gasteiger partial charge in [-0.25, -0.2) is 4.98 Å². The Morgan fingerprint density at radius 3 is 2.90 bits per heavy atom. The van der Waals surface area contributed by atoms with Gasteiger partial charge in [0.05, 0.1) is 12.2 Å². The second-order valence-electron chi connectivity index (χ2n) is 4.08. The number of amides is 1. The van der Waals surface area contributed by atoms with Crippen LogP contribution in [0.3, 0.4) is 0 Å².